The fourth-order valence-corrected chi connectivity index (χ4v) is 9.28. The Morgan fingerprint density at radius 1 is 0.288 bits per heavy atom. The Labute approximate surface area is 412 Å². The number of ether oxygens (including phenoxy) is 3. The molecule has 392 valence electrons. The van der Waals surface area contributed by atoms with E-state index in [1.807, 2.05) is 0 Å². The van der Waals surface area contributed by atoms with E-state index in [0.29, 0.717) is 19.3 Å². The number of rotatable bonds is 55. The van der Waals surface area contributed by atoms with Crippen LogP contribution in [0.1, 0.15) is 342 Å². The van der Waals surface area contributed by atoms with Crippen LogP contribution >= 0.6 is 0 Å². The maximum absolute atomic E-state index is 12.9. The molecule has 0 amide bonds. The number of esters is 3. The molecule has 0 unspecified atom stereocenters. The monoisotopic (exact) mass is 933 g/mol. The van der Waals surface area contributed by atoms with Crippen molar-refractivity contribution in [3.05, 3.63) is 0 Å². The van der Waals surface area contributed by atoms with E-state index >= 15 is 0 Å². The van der Waals surface area contributed by atoms with Gasteiger partial charge in [-0.25, -0.2) is 0 Å². The summed E-state index contributed by atoms with van der Waals surface area (Å²) < 4.78 is 16.9. The van der Waals surface area contributed by atoms with Gasteiger partial charge in [0, 0.05) is 19.3 Å². The number of hydrogen-bond acceptors (Lipinski definition) is 6. The zero-order valence-electron chi connectivity index (χ0n) is 45.2. The van der Waals surface area contributed by atoms with Gasteiger partial charge in [0.1, 0.15) is 13.2 Å². The molecular weight excluding hydrogens is 817 g/mol. The summed E-state index contributed by atoms with van der Waals surface area (Å²) in [6, 6.07) is 0. The summed E-state index contributed by atoms with van der Waals surface area (Å²) in [6.45, 7) is 9.08. The highest BCUT2D eigenvalue weighted by Crippen LogP contribution is 2.18. The van der Waals surface area contributed by atoms with E-state index in [9.17, 15) is 14.4 Å². The van der Waals surface area contributed by atoms with Gasteiger partial charge in [-0.1, -0.05) is 304 Å². The largest absolute Gasteiger partial charge is 0.462 e. The zero-order valence-corrected chi connectivity index (χ0v) is 45.2. The summed E-state index contributed by atoms with van der Waals surface area (Å²) in [5.74, 6) is 0.0199. The van der Waals surface area contributed by atoms with Crippen LogP contribution in [0.4, 0.5) is 0 Å². The molecule has 0 fully saturated rings. The van der Waals surface area contributed by atoms with Crippen molar-refractivity contribution in [1.82, 2.24) is 0 Å². The Morgan fingerprint density at radius 3 is 0.742 bits per heavy atom. The molecule has 0 aromatic rings. The van der Waals surface area contributed by atoms with Crippen LogP contribution in [-0.2, 0) is 28.6 Å². The van der Waals surface area contributed by atoms with Crippen LogP contribution in [0.5, 0.6) is 0 Å². The van der Waals surface area contributed by atoms with Crippen molar-refractivity contribution in [3.63, 3.8) is 0 Å². The van der Waals surface area contributed by atoms with Gasteiger partial charge in [-0.05, 0) is 25.2 Å². The molecule has 6 nitrogen and oxygen atoms in total. The second kappa shape index (κ2) is 54.4. The second-order valence-corrected chi connectivity index (χ2v) is 21.1. The first-order chi connectivity index (χ1) is 32.4. The van der Waals surface area contributed by atoms with E-state index in [4.69, 9.17) is 14.2 Å². The van der Waals surface area contributed by atoms with Crippen molar-refractivity contribution in [3.8, 4) is 0 Å². The molecule has 0 aliphatic heterocycles. The van der Waals surface area contributed by atoms with E-state index in [1.165, 1.54) is 238 Å². The Bertz CT molecular complexity index is 996. The first-order valence-corrected chi connectivity index (χ1v) is 29.9. The minimum Gasteiger partial charge on any atom is -0.462 e. The molecule has 0 heterocycles. The maximum atomic E-state index is 12.9. The lowest BCUT2D eigenvalue weighted by atomic mass is 10.0. The summed E-state index contributed by atoms with van der Waals surface area (Å²) in [5, 5.41) is 0. The third-order valence-corrected chi connectivity index (χ3v) is 13.8. The third-order valence-electron chi connectivity index (χ3n) is 13.8. The first-order valence-electron chi connectivity index (χ1n) is 29.9. The smallest absolute Gasteiger partial charge is 0.306 e. The van der Waals surface area contributed by atoms with Crippen LogP contribution in [-0.4, -0.2) is 37.2 Å². The van der Waals surface area contributed by atoms with Gasteiger partial charge in [-0.15, -0.1) is 0 Å². The molecule has 6 heteroatoms. The van der Waals surface area contributed by atoms with E-state index in [-0.39, 0.29) is 31.1 Å². The van der Waals surface area contributed by atoms with Crippen LogP contribution in [0.25, 0.3) is 0 Å². The molecule has 0 aliphatic rings. The molecule has 0 bridgehead atoms. The Kier molecular flexibility index (Phi) is 53.0. The van der Waals surface area contributed by atoms with Gasteiger partial charge in [-0.3, -0.25) is 14.4 Å². The summed E-state index contributed by atoms with van der Waals surface area (Å²) in [5.41, 5.74) is 0. The molecule has 1 atom stereocenters. The molecule has 0 radical (unpaired) electrons. The minimum atomic E-state index is -0.762. The lowest BCUT2D eigenvalue weighted by Crippen LogP contribution is -2.30. The highest BCUT2D eigenvalue weighted by molar-refractivity contribution is 5.71. The Balaban J connectivity index is 4.28. The van der Waals surface area contributed by atoms with Gasteiger partial charge in [0.2, 0.25) is 0 Å². The normalized spacial score (nSPS) is 12.0. The standard InChI is InChI=1S/C60H116O6/c1-5-7-9-11-13-15-17-19-23-28-32-36-40-44-48-52-59(62)65-55-57(54-64-58(61)51-47-43-39-35-31-27-20-18-16-14-12-10-8-6-2)66-60(63)53-49-45-41-37-33-29-25-22-21-24-26-30-34-38-42-46-50-56(3)4/h56-57H,5-55H2,1-4H3/t57-/m0/s1. The number of hydrogen-bond donors (Lipinski definition) is 0. The molecule has 0 N–H and O–H groups in total. The highest BCUT2D eigenvalue weighted by atomic mass is 16.6. The number of carbonyl (C=O) groups excluding carboxylic acids is 3. The lowest BCUT2D eigenvalue weighted by Gasteiger charge is -2.18. The first kappa shape index (κ1) is 64.4. The molecule has 0 aromatic heterocycles. The fraction of sp³-hybridized carbons (Fsp3) is 0.950. The molecular formula is C60H116O6. The van der Waals surface area contributed by atoms with Crippen molar-refractivity contribution in [1.29, 1.82) is 0 Å². The van der Waals surface area contributed by atoms with Gasteiger partial charge in [-0.2, -0.15) is 0 Å². The average Bonchev–Trinajstić information content (AvgIpc) is 3.30. The molecule has 0 saturated heterocycles. The van der Waals surface area contributed by atoms with Gasteiger partial charge < -0.3 is 14.2 Å². The van der Waals surface area contributed by atoms with Gasteiger partial charge in [0.25, 0.3) is 0 Å². The Hall–Kier alpha value is -1.59. The van der Waals surface area contributed by atoms with E-state index in [0.717, 1.165) is 63.7 Å². The fourth-order valence-electron chi connectivity index (χ4n) is 9.28. The van der Waals surface area contributed by atoms with Gasteiger partial charge in [0.15, 0.2) is 6.10 Å². The number of unbranched alkanes of at least 4 members (excludes halogenated alkanes) is 42. The summed E-state index contributed by atoms with van der Waals surface area (Å²) in [4.78, 5) is 38.2. The van der Waals surface area contributed by atoms with Crippen molar-refractivity contribution in [2.45, 2.75) is 348 Å². The van der Waals surface area contributed by atoms with Crippen molar-refractivity contribution in [2.24, 2.45) is 5.92 Å². The van der Waals surface area contributed by atoms with Crippen molar-refractivity contribution >= 4 is 17.9 Å². The summed E-state index contributed by atoms with van der Waals surface area (Å²) in [6.07, 6.45) is 59.5. The van der Waals surface area contributed by atoms with Gasteiger partial charge in [0.05, 0.1) is 0 Å². The summed E-state index contributed by atoms with van der Waals surface area (Å²) in [7, 11) is 0. The van der Waals surface area contributed by atoms with Crippen LogP contribution in [0.15, 0.2) is 0 Å². The van der Waals surface area contributed by atoms with Crippen LogP contribution < -0.4 is 0 Å². The lowest BCUT2D eigenvalue weighted by molar-refractivity contribution is -0.167. The third kappa shape index (κ3) is 53.4. The quantitative estimate of drug-likeness (QED) is 0.0343. The average molecular weight is 934 g/mol. The molecule has 0 rings (SSSR count). The predicted octanol–water partition coefficient (Wildman–Crippen LogP) is 19.8. The van der Waals surface area contributed by atoms with E-state index in [2.05, 4.69) is 27.7 Å². The molecule has 0 aromatic carbocycles. The minimum absolute atomic E-state index is 0.0615. The van der Waals surface area contributed by atoms with E-state index in [1.54, 1.807) is 0 Å². The van der Waals surface area contributed by atoms with Crippen LogP contribution in [0, 0.1) is 5.92 Å². The summed E-state index contributed by atoms with van der Waals surface area (Å²) >= 11 is 0. The predicted molar refractivity (Wildman–Crippen MR) is 284 cm³/mol. The van der Waals surface area contributed by atoms with Crippen LogP contribution in [0.3, 0.4) is 0 Å². The molecule has 66 heavy (non-hydrogen) atoms. The maximum Gasteiger partial charge on any atom is 0.306 e. The molecule has 0 aliphatic carbocycles. The van der Waals surface area contributed by atoms with Crippen molar-refractivity contribution < 1.29 is 28.6 Å². The topological polar surface area (TPSA) is 78.9 Å². The van der Waals surface area contributed by atoms with Gasteiger partial charge >= 0.3 is 17.9 Å². The Morgan fingerprint density at radius 2 is 0.500 bits per heavy atom. The van der Waals surface area contributed by atoms with Crippen molar-refractivity contribution in [2.75, 3.05) is 13.2 Å². The second-order valence-electron chi connectivity index (χ2n) is 21.1. The molecule has 0 spiro atoms. The SMILES string of the molecule is CCCCCCCCCCCCCCCCCC(=O)OC[C@H](COC(=O)CCCCCCCCCCCCCCCC)OC(=O)CCCCCCCCCCCCCCCCCCC(C)C. The zero-order chi connectivity index (χ0) is 48.1. The van der Waals surface area contributed by atoms with Crippen LogP contribution in [0.2, 0.25) is 0 Å². The highest BCUT2D eigenvalue weighted by Gasteiger charge is 2.19. The molecule has 0 saturated carbocycles. The van der Waals surface area contributed by atoms with E-state index < -0.39 is 6.10 Å². The number of carbonyl (C=O) groups is 3.